The average molecular weight is 433 g/mol. The van der Waals surface area contributed by atoms with E-state index in [1.54, 1.807) is 11.8 Å². The predicted molar refractivity (Wildman–Crippen MR) is 117 cm³/mol. The summed E-state index contributed by atoms with van der Waals surface area (Å²) in [6.45, 7) is 3.50. The number of fused-ring (bicyclic) bond motifs is 1. The SMILES string of the molecule is CCSc1cccc(C(=O)N2CCC(Oc3nc4c(Cl)cccc4s3)CC2)c1. The maximum absolute atomic E-state index is 12.8. The molecule has 28 heavy (non-hydrogen) atoms. The summed E-state index contributed by atoms with van der Waals surface area (Å²) in [5.41, 5.74) is 1.56. The van der Waals surface area contributed by atoms with Crippen LogP contribution in [0, 0.1) is 0 Å². The molecule has 0 unspecified atom stereocenters. The Kier molecular flexibility index (Phi) is 6.09. The molecule has 0 N–H and O–H groups in total. The summed E-state index contributed by atoms with van der Waals surface area (Å²) in [6.07, 6.45) is 1.68. The second-order valence-corrected chi connectivity index (χ2v) is 9.37. The van der Waals surface area contributed by atoms with E-state index in [9.17, 15) is 4.79 Å². The van der Waals surface area contributed by atoms with Gasteiger partial charge in [-0.3, -0.25) is 4.79 Å². The minimum Gasteiger partial charge on any atom is -0.467 e. The van der Waals surface area contributed by atoms with Gasteiger partial charge in [0.2, 0.25) is 0 Å². The fourth-order valence-electron chi connectivity index (χ4n) is 3.33. The molecule has 1 aliphatic rings. The number of amides is 1. The summed E-state index contributed by atoms with van der Waals surface area (Å²) in [5, 5.41) is 1.30. The quantitative estimate of drug-likeness (QED) is 0.482. The Labute approximate surface area is 177 Å². The Morgan fingerprint density at radius 3 is 2.82 bits per heavy atom. The van der Waals surface area contributed by atoms with Crippen molar-refractivity contribution in [2.75, 3.05) is 18.8 Å². The first-order chi connectivity index (χ1) is 13.6. The van der Waals surface area contributed by atoms with Crippen molar-refractivity contribution in [1.82, 2.24) is 9.88 Å². The molecular weight excluding hydrogens is 412 g/mol. The van der Waals surface area contributed by atoms with E-state index in [0.29, 0.717) is 23.3 Å². The lowest BCUT2D eigenvalue weighted by atomic mass is 10.1. The van der Waals surface area contributed by atoms with Gasteiger partial charge in [-0.15, -0.1) is 11.8 Å². The highest BCUT2D eigenvalue weighted by atomic mass is 35.5. The highest BCUT2D eigenvalue weighted by Gasteiger charge is 2.25. The third-order valence-corrected chi connectivity index (χ3v) is 6.83. The van der Waals surface area contributed by atoms with Crippen LogP contribution in [-0.2, 0) is 0 Å². The second kappa shape index (κ2) is 8.72. The normalized spacial score (nSPS) is 15.1. The zero-order valence-electron chi connectivity index (χ0n) is 15.6. The zero-order chi connectivity index (χ0) is 19.5. The van der Waals surface area contributed by atoms with Gasteiger partial charge in [-0.25, -0.2) is 4.98 Å². The van der Waals surface area contributed by atoms with Gasteiger partial charge in [0, 0.05) is 36.4 Å². The molecule has 1 saturated heterocycles. The van der Waals surface area contributed by atoms with E-state index in [2.05, 4.69) is 18.0 Å². The molecule has 1 amide bonds. The number of aromatic nitrogens is 1. The average Bonchev–Trinajstić information content (AvgIpc) is 3.12. The van der Waals surface area contributed by atoms with E-state index >= 15 is 0 Å². The molecule has 0 atom stereocenters. The summed E-state index contributed by atoms with van der Waals surface area (Å²) in [6, 6.07) is 13.7. The van der Waals surface area contributed by atoms with Crippen molar-refractivity contribution in [2.24, 2.45) is 0 Å². The van der Waals surface area contributed by atoms with Crippen LogP contribution in [0.25, 0.3) is 10.2 Å². The fraction of sp³-hybridized carbons (Fsp3) is 0.333. The van der Waals surface area contributed by atoms with Crippen LogP contribution in [0.15, 0.2) is 47.4 Å². The molecule has 1 fully saturated rings. The van der Waals surface area contributed by atoms with Gasteiger partial charge >= 0.3 is 0 Å². The number of likely N-dealkylation sites (tertiary alicyclic amines) is 1. The van der Waals surface area contributed by atoms with E-state index in [1.165, 1.54) is 11.3 Å². The molecule has 146 valence electrons. The molecular formula is C21H21ClN2O2S2. The molecule has 1 aromatic heterocycles. The third kappa shape index (κ3) is 4.29. The zero-order valence-corrected chi connectivity index (χ0v) is 17.9. The lowest BCUT2D eigenvalue weighted by Crippen LogP contribution is -2.41. The van der Waals surface area contributed by atoms with Crippen molar-refractivity contribution in [1.29, 1.82) is 0 Å². The molecule has 4 rings (SSSR count). The van der Waals surface area contributed by atoms with E-state index in [1.807, 2.05) is 41.3 Å². The van der Waals surface area contributed by atoms with Crippen molar-refractivity contribution in [3.63, 3.8) is 0 Å². The first-order valence-electron chi connectivity index (χ1n) is 9.38. The molecule has 2 heterocycles. The van der Waals surface area contributed by atoms with E-state index < -0.39 is 0 Å². The number of piperidine rings is 1. The van der Waals surface area contributed by atoms with E-state index in [-0.39, 0.29) is 12.0 Å². The molecule has 0 radical (unpaired) electrons. The molecule has 0 bridgehead atoms. The molecule has 3 aromatic rings. The molecule has 7 heteroatoms. The van der Waals surface area contributed by atoms with Crippen LogP contribution >= 0.6 is 34.7 Å². The van der Waals surface area contributed by atoms with Gasteiger partial charge in [-0.1, -0.05) is 42.0 Å². The van der Waals surface area contributed by atoms with Gasteiger partial charge < -0.3 is 9.64 Å². The number of carbonyl (C=O) groups is 1. The number of rotatable bonds is 5. The largest absolute Gasteiger partial charge is 0.467 e. The monoisotopic (exact) mass is 432 g/mol. The summed E-state index contributed by atoms with van der Waals surface area (Å²) in [5.74, 6) is 1.10. The minimum atomic E-state index is 0.0744. The Morgan fingerprint density at radius 2 is 2.07 bits per heavy atom. The van der Waals surface area contributed by atoms with Crippen molar-refractivity contribution in [3.05, 3.63) is 53.1 Å². The molecule has 4 nitrogen and oxygen atoms in total. The smallest absolute Gasteiger partial charge is 0.274 e. The van der Waals surface area contributed by atoms with Gasteiger partial charge in [0.15, 0.2) is 0 Å². The number of thioether (sulfide) groups is 1. The summed E-state index contributed by atoms with van der Waals surface area (Å²) in [7, 11) is 0. The van der Waals surface area contributed by atoms with Crippen LogP contribution in [0.1, 0.15) is 30.1 Å². The number of carbonyl (C=O) groups excluding carboxylic acids is 1. The number of benzene rings is 2. The first-order valence-corrected chi connectivity index (χ1v) is 11.6. The number of thiazole rings is 1. The van der Waals surface area contributed by atoms with Crippen LogP contribution in [0.3, 0.4) is 0 Å². The van der Waals surface area contributed by atoms with Crippen LogP contribution in [0.2, 0.25) is 5.02 Å². The molecule has 0 spiro atoms. The summed E-state index contributed by atoms with van der Waals surface area (Å²) in [4.78, 5) is 20.4. The lowest BCUT2D eigenvalue weighted by Gasteiger charge is -2.31. The Hall–Kier alpha value is -1.76. The highest BCUT2D eigenvalue weighted by molar-refractivity contribution is 7.99. The molecule has 0 aliphatic carbocycles. The van der Waals surface area contributed by atoms with E-state index in [0.717, 1.165) is 39.3 Å². The van der Waals surface area contributed by atoms with Gasteiger partial charge in [0.05, 0.1) is 9.72 Å². The molecule has 2 aromatic carbocycles. The number of ether oxygens (including phenoxy) is 1. The summed E-state index contributed by atoms with van der Waals surface area (Å²) >= 11 is 9.47. The van der Waals surface area contributed by atoms with Crippen LogP contribution in [0.4, 0.5) is 0 Å². The molecule has 1 aliphatic heterocycles. The number of nitrogens with zero attached hydrogens (tertiary/aromatic N) is 2. The standard InChI is InChI=1S/C21H21ClN2O2S2/c1-2-27-16-6-3-5-14(13-16)20(25)24-11-9-15(10-12-24)26-21-23-19-17(22)7-4-8-18(19)28-21/h3-8,13,15H,2,9-12H2,1H3. The van der Waals surface area contributed by atoms with Gasteiger partial charge in [-0.05, 0) is 36.1 Å². The van der Waals surface area contributed by atoms with Gasteiger partial charge in [-0.2, -0.15) is 0 Å². The van der Waals surface area contributed by atoms with Crippen LogP contribution in [-0.4, -0.2) is 40.7 Å². The minimum absolute atomic E-state index is 0.0744. The maximum atomic E-state index is 12.8. The number of para-hydroxylation sites is 1. The number of hydrogen-bond acceptors (Lipinski definition) is 5. The van der Waals surface area contributed by atoms with Gasteiger partial charge in [0.25, 0.3) is 11.1 Å². The Morgan fingerprint density at radius 1 is 1.29 bits per heavy atom. The summed E-state index contributed by atoms with van der Waals surface area (Å²) < 4.78 is 7.12. The Bertz CT molecular complexity index is 983. The topological polar surface area (TPSA) is 42.4 Å². The van der Waals surface area contributed by atoms with Crippen molar-refractivity contribution in [2.45, 2.75) is 30.8 Å². The third-order valence-electron chi connectivity index (χ3n) is 4.74. The van der Waals surface area contributed by atoms with Crippen molar-refractivity contribution < 1.29 is 9.53 Å². The highest BCUT2D eigenvalue weighted by Crippen LogP contribution is 2.33. The number of hydrogen-bond donors (Lipinski definition) is 0. The van der Waals surface area contributed by atoms with Crippen molar-refractivity contribution >= 4 is 50.8 Å². The number of halogens is 1. The molecule has 0 saturated carbocycles. The lowest BCUT2D eigenvalue weighted by molar-refractivity contribution is 0.0595. The Balaban J connectivity index is 1.36. The van der Waals surface area contributed by atoms with Crippen LogP contribution in [0.5, 0.6) is 5.19 Å². The van der Waals surface area contributed by atoms with Crippen molar-refractivity contribution in [3.8, 4) is 5.19 Å². The van der Waals surface area contributed by atoms with Crippen LogP contribution < -0.4 is 4.74 Å². The fourth-order valence-corrected chi connectivity index (χ4v) is 5.23. The second-order valence-electron chi connectivity index (χ2n) is 6.64. The first kappa shape index (κ1) is 19.6. The predicted octanol–water partition coefficient (Wildman–Crippen LogP) is 5.75. The van der Waals surface area contributed by atoms with E-state index in [4.69, 9.17) is 16.3 Å². The maximum Gasteiger partial charge on any atom is 0.274 e. The van der Waals surface area contributed by atoms with Gasteiger partial charge in [0.1, 0.15) is 11.6 Å².